The van der Waals surface area contributed by atoms with Crippen molar-refractivity contribution >= 4 is 17.1 Å². The molecule has 1 aliphatic heterocycles. The van der Waals surface area contributed by atoms with Crippen LogP contribution in [-0.4, -0.2) is 33.3 Å². The van der Waals surface area contributed by atoms with E-state index in [0.29, 0.717) is 11.3 Å². The molecule has 0 saturated carbocycles. The number of nitriles is 1. The molecule has 2 N–H and O–H groups in total. The SMILES string of the molecule is COc1ccccc1N1CCN(c2ccc(N)cc2C#N)CC1. The average molecular weight is 308 g/mol. The quantitative estimate of drug-likeness (QED) is 0.882. The van der Waals surface area contributed by atoms with Crippen molar-refractivity contribution in [3.05, 3.63) is 48.0 Å². The molecule has 1 fully saturated rings. The minimum atomic E-state index is 0.623. The number of anilines is 3. The molecule has 0 aliphatic carbocycles. The molecule has 23 heavy (non-hydrogen) atoms. The van der Waals surface area contributed by atoms with Crippen LogP contribution < -0.4 is 20.3 Å². The molecule has 5 nitrogen and oxygen atoms in total. The summed E-state index contributed by atoms with van der Waals surface area (Å²) in [7, 11) is 1.70. The minimum Gasteiger partial charge on any atom is -0.495 e. The highest BCUT2D eigenvalue weighted by atomic mass is 16.5. The Kier molecular flexibility index (Phi) is 4.24. The summed E-state index contributed by atoms with van der Waals surface area (Å²) in [4.78, 5) is 4.56. The van der Waals surface area contributed by atoms with Gasteiger partial charge >= 0.3 is 0 Å². The normalized spacial score (nSPS) is 14.4. The van der Waals surface area contributed by atoms with Crippen LogP contribution >= 0.6 is 0 Å². The molecule has 2 aromatic carbocycles. The third-order valence-corrected chi connectivity index (χ3v) is 4.19. The summed E-state index contributed by atoms with van der Waals surface area (Å²) < 4.78 is 5.45. The molecule has 0 amide bonds. The predicted octanol–water partition coefficient (Wildman–Crippen LogP) is 2.48. The molecule has 0 spiro atoms. The fraction of sp³-hybridized carbons (Fsp3) is 0.278. The second-order valence-corrected chi connectivity index (χ2v) is 5.53. The van der Waals surface area contributed by atoms with Crippen molar-refractivity contribution in [1.29, 1.82) is 5.26 Å². The highest BCUT2D eigenvalue weighted by molar-refractivity contribution is 5.66. The molecule has 0 radical (unpaired) electrons. The van der Waals surface area contributed by atoms with Crippen molar-refractivity contribution < 1.29 is 4.74 Å². The van der Waals surface area contributed by atoms with Gasteiger partial charge in [-0.2, -0.15) is 5.26 Å². The van der Waals surface area contributed by atoms with Crippen molar-refractivity contribution in [2.24, 2.45) is 0 Å². The average Bonchev–Trinajstić information content (AvgIpc) is 2.61. The number of nitrogens with two attached hydrogens (primary N) is 1. The zero-order valence-corrected chi connectivity index (χ0v) is 13.2. The van der Waals surface area contributed by atoms with Gasteiger partial charge in [-0.05, 0) is 30.3 Å². The summed E-state index contributed by atoms with van der Waals surface area (Å²) in [5.41, 5.74) is 9.11. The van der Waals surface area contributed by atoms with Gasteiger partial charge in [-0.25, -0.2) is 0 Å². The molecule has 0 aromatic heterocycles. The molecule has 5 heteroatoms. The first-order valence-corrected chi connectivity index (χ1v) is 7.65. The van der Waals surface area contributed by atoms with E-state index in [9.17, 15) is 5.26 Å². The van der Waals surface area contributed by atoms with Crippen molar-refractivity contribution in [2.45, 2.75) is 0 Å². The van der Waals surface area contributed by atoms with Crippen molar-refractivity contribution in [2.75, 3.05) is 48.8 Å². The zero-order valence-electron chi connectivity index (χ0n) is 13.2. The van der Waals surface area contributed by atoms with Gasteiger partial charge in [0, 0.05) is 31.9 Å². The maximum absolute atomic E-state index is 9.31. The lowest BCUT2D eigenvalue weighted by Gasteiger charge is -2.38. The van der Waals surface area contributed by atoms with E-state index in [-0.39, 0.29) is 0 Å². The summed E-state index contributed by atoms with van der Waals surface area (Å²) in [6.45, 7) is 3.48. The molecule has 118 valence electrons. The van der Waals surface area contributed by atoms with Gasteiger partial charge in [-0.15, -0.1) is 0 Å². The Morgan fingerprint density at radius 3 is 2.30 bits per heavy atom. The van der Waals surface area contributed by atoms with E-state index >= 15 is 0 Å². The molecule has 0 bridgehead atoms. The van der Waals surface area contributed by atoms with Crippen LogP contribution in [0.1, 0.15) is 5.56 Å². The van der Waals surface area contributed by atoms with E-state index in [1.54, 1.807) is 13.2 Å². The summed E-state index contributed by atoms with van der Waals surface area (Å²) in [6, 6.07) is 15.8. The first-order chi connectivity index (χ1) is 11.2. The molecular weight excluding hydrogens is 288 g/mol. The van der Waals surface area contributed by atoms with Crippen molar-refractivity contribution in [3.8, 4) is 11.8 Å². The van der Waals surface area contributed by atoms with Crippen molar-refractivity contribution in [1.82, 2.24) is 0 Å². The Morgan fingerprint density at radius 1 is 1.00 bits per heavy atom. The van der Waals surface area contributed by atoms with Crippen LogP contribution in [-0.2, 0) is 0 Å². The fourth-order valence-electron chi connectivity index (χ4n) is 3.00. The fourth-order valence-corrected chi connectivity index (χ4v) is 3.00. The lowest BCUT2D eigenvalue weighted by Crippen LogP contribution is -2.46. The van der Waals surface area contributed by atoms with Gasteiger partial charge < -0.3 is 20.3 Å². The predicted molar refractivity (Wildman–Crippen MR) is 93.0 cm³/mol. The van der Waals surface area contributed by atoms with Gasteiger partial charge in [0.05, 0.1) is 24.0 Å². The number of rotatable bonds is 3. The number of benzene rings is 2. The van der Waals surface area contributed by atoms with Gasteiger partial charge in [-0.3, -0.25) is 0 Å². The molecule has 1 aliphatic rings. The van der Waals surface area contributed by atoms with E-state index in [4.69, 9.17) is 10.5 Å². The number of hydrogen-bond acceptors (Lipinski definition) is 5. The number of nitrogens with zero attached hydrogens (tertiary/aromatic N) is 3. The highest BCUT2D eigenvalue weighted by Crippen LogP contribution is 2.30. The number of piperazine rings is 1. The maximum Gasteiger partial charge on any atom is 0.142 e. The first-order valence-electron chi connectivity index (χ1n) is 7.65. The Morgan fingerprint density at radius 2 is 1.65 bits per heavy atom. The highest BCUT2D eigenvalue weighted by Gasteiger charge is 2.21. The largest absolute Gasteiger partial charge is 0.495 e. The molecular formula is C18H20N4O. The Hall–Kier alpha value is -2.87. The number of ether oxygens (including phenoxy) is 1. The van der Waals surface area contributed by atoms with Crippen LogP contribution in [0.4, 0.5) is 17.1 Å². The lowest BCUT2D eigenvalue weighted by molar-refractivity contribution is 0.413. The number of para-hydroxylation sites is 2. The standard InChI is InChI=1S/C18H20N4O/c1-23-18-5-3-2-4-17(18)22-10-8-21(9-11-22)16-7-6-15(20)12-14(16)13-19/h2-7,12H,8-11,20H2,1H3. The Balaban J connectivity index is 1.75. The van der Waals surface area contributed by atoms with Gasteiger partial charge in [-0.1, -0.05) is 12.1 Å². The topological polar surface area (TPSA) is 65.5 Å². The van der Waals surface area contributed by atoms with E-state index in [1.807, 2.05) is 30.3 Å². The van der Waals surface area contributed by atoms with Crippen LogP contribution in [0.2, 0.25) is 0 Å². The van der Waals surface area contributed by atoms with Crippen LogP contribution in [0.3, 0.4) is 0 Å². The third kappa shape index (κ3) is 3.02. The van der Waals surface area contributed by atoms with Crippen LogP contribution in [0, 0.1) is 11.3 Å². The van der Waals surface area contributed by atoms with E-state index in [2.05, 4.69) is 21.9 Å². The molecule has 0 unspecified atom stereocenters. The van der Waals surface area contributed by atoms with E-state index < -0.39 is 0 Å². The Bertz CT molecular complexity index is 730. The van der Waals surface area contributed by atoms with Crippen LogP contribution in [0.15, 0.2) is 42.5 Å². The minimum absolute atomic E-state index is 0.623. The maximum atomic E-state index is 9.31. The number of nitrogen functional groups attached to an aromatic ring is 1. The molecule has 0 atom stereocenters. The Labute approximate surface area is 136 Å². The first kappa shape index (κ1) is 15.0. The monoisotopic (exact) mass is 308 g/mol. The summed E-state index contributed by atoms with van der Waals surface area (Å²) in [6.07, 6.45) is 0. The second-order valence-electron chi connectivity index (χ2n) is 5.53. The molecule has 2 aromatic rings. The van der Waals surface area contributed by atoms with Crippen LogP contribution in [0.5, 0.6) is 5.75 Å². The summed E-state index contributed by atoms with van der Waals surface area (Å²) in [5, 5.41) is 9.31. The third-order valence-electron chi connectivity index (χ3n) is 4.19. The van der Waals surface area contributed by atoms with Crippen molar-refractivity contribution in [3.63, 3.8) is 0 Å². The molecule has 1 heterocycles. The van der Waals surface area contributed by atoms with Gasteiger partial charge in [0.1, 0.15) is 11.8 Å². The van der Waals surface area contributed by atoms with Crippen LogP contribution in [0.25, 0.3) is 0 Å². The number of hydrogen-bond donors (Lipinski definition) is 1. The smallest absolute Gasteiger partial charge is 0.142 e. The lowest BCUT2D eigenvalue weighted by atomic mass is 10.1. The second kappa shape index (κ2) is 6.49. The zero-order chi connectivity index (χ0) is 16.2. The van der Waals surface area contributed by atoms with Gasteiger partial charge in [0.25, 0.3) is 0 Å². The molecule has 1 saturated heterocycles. The van der Waals surface area contributed by atoms with E-state index in [0.717, 1.165) is 43.3 Å². The summed E-state index contributed by atoms with van der Waals surface area (Å²) in [5.74, 6) is 0.895. The van der Waals surface area contributed by atoms with Gasteiger partial charge in [0.2, 0.25) is 0 Å². The number of methoxy groups -OCH3 is 1. The van der Waals surface area contributed by atoms with Gasteiger partial charge in [0.15, 0.2) is 0 Å². The van der Waals surface area contributed by atoms with E-state index in [1.165, 1.54) is 0 Å². The summed E-state index contributed by atoms with van der Waals surface area (Å²) >= 11 is 0. The molecule has 3 rings (SSSR count).